The van der Waals surface area contributed by atoms with E-state index in [-0.39, 0.29) is 6.29 Å². The van der Waals surface area contributed by atoms with Crippen LogP contribution in [0.2, 0.25) is 0 Å². The lowest BCUT2D eigenvalue weighted by molar-refractivity contribution is -0.168. The zero-order valence-electron chi connectivity index (χ0n) is 10.4. The molecule has 96 valence electrons. The predicted molar refractivity (Wildman–Crippen MR) is 63.5 cm³/mol. The molecule has 0 radical (unpaired) electrons. The molecule has 0 aromatic carbocycles. The highest BCUT2D eigenvalue weighted by atomic mass is 16.7. The third-order valence-corrected chi connectivity index (χ3v) is 4.62. The number of ether oxygens (including phenoxy) is 2. The highest BCUT2D eigenvalue weighted by Crippen LogP contribution is 2.48. The summed E-state index contributed by atoms with van der Waals surface area (Å²) in [4.78, 5) is 11.8. The van der Waals surface area contributed by atoms with E-state index in [1.807, 2.05) is 0 Å². The van der Waals surface area contributed by atoms with Crippen molar-refractivity contribution in [3.63, 3.8) is 0 Å². The molecule has 1 heterocycles. The van der Waals surface area contributed by atoms with Gasteiger partial charge in [0.1, 0.15) is 5.78 Å². The number of ketones is 1. The van der Waals surface area contributed by atoms with Crippen LogP contribution in [0.3, 0.4) is 0 Å². The van der Waals surface area contributed by atoms with Crippen LogP contribution in [0.1, 0.15) is 44.9 Å². The van der Waals surface area contributed by atoms with Crippen molar-refractivity contribution in [3.8, 4) is 0 Å². The van der Waals surface area contributed by atoms with E-state index in [2.05, 4.69) is 0 Å². The fourth-order valence-electron chi connectivity index (χ4n) is 3.55. The van der Waals surface area contributed by atoms with Crippen molar-refractivity contribution in [3.05, 3.63) is 0 Å². The number of rotatable bonds is 4. The van der Waals surface area contributed by atoms with E-state index < -0.39 is 0 Å². The second kappa shape index (κ2) is 5.07. The summed E-state index contributed by atoms with van der Waals surface area (Å²) < 4.78 is 11.2. The first-order valence-electron chi connectivity index (χ1n) is 7.09. The van der Waals surface area contributed by atoms with Crippen molar-refractivity contribution >= 4 is 5.78 Å². The molecule has 2 bridgehead atoms. The van der Waals surface area contributed by atoms with Gasteiger partial charge in [-0.25, -0.2) is 0 Å². The average Bonchev–Trinajstić information content (AvgIpc) is 2.31. The molecule has 2 atom stereocenters. The Morgan fingerprint density at radius 1 is 1.29 bits per heavy atom. The van der Waals surface area contributed by atoms with Gasteiger partial charge in [-0.1, -0.05) is 0 Å². The Bertz CT molecular complexity index is 277. The number of hydrogen-bond donors (Lipinski definition) is 0. The maximum absolute atomic E-state index is 11.8. The molecule has 0 aromatic rings. The molecule has 0 aromatic heterocycles. The Hall–Kier alpha value is -0.410. The minimum atomic E-state index is -0.00317. The standard InChI is InChI=1S/C14H22O3/c15-13-9-10-7-11(8-10)12(13)4-6-17-14-3-1-2-5-16-14/h10-12,14H,1-9H2/t10?,11?,12-,14?/m0/s1. The molecule has 0 spiro atoms. The van der Waals surface area contributed by atoms with Crippen molar-refractivity contribution in [2.75, 3.05) is 13.2 Å². The van der Waals surface area contributed by atoms with Gasteiger partial charge >= 0.3 is 0 Å². The summed E-state index contributed by atoms with van der Waals surface area (Å²) in [6.07, 6.45) is 7.70. The Morgan fingerprint density at radius 3 is 2.88 bits per heavy atom. The van der Waals surface area contributed by atoms with Crippen LogP contribution in [0.25, 0.3) is 0 Å². The zero-order chi connectivity index (χ0) is 11.7. The summed E-state index contributed by atoms with van der Waals surface area (Å²) in [5, 5.41) is 0. The SMILES string of the molecule is O=C1CC2CC(C2)[C@@H]1CCOC1CCCCO1. The molecule has 3 nitrogen and oxygen atoms in total. The molecule has 17 heavy (non-hydrogen) atoms. The van der Waals surface area contributed by atoms with Crippen molar-refractivity contribution in [2.24, 2.45) is 17.8 Å². The molecule has 4 fully saturated rings. The van der Waals surface area contributed by atoms with Gasteiger partial charge in [0.15, 0.2) is 6.29 Å². The summed E-state index contributed by atoms with van der Waals surface area (Å²) in [6.45, 7) is 1.53. The first-order chi connectivity index (χ1) is 8.33. The first-order valence-corrected chi connectivity index (χ1v) is 7.09. The second-order valence-corrected chi connectivity index (χ2v) is 5.83. The summed E-state index contributed by atoms with van der Waals surface area (Å²) in [7, 11) is 0. The number of hydrogen-bond acceptors (Lipinski definition) is 3. The number of carbonyl (C=O) groups is 1. The lowest BCUT2D eigenvalue weighted by atomic mass is 9.59. The van der Waals surface area contributed by atoms with E-state index in [1.165, 1.54) is 19.3 Å². The monoisotopic (exact) mass is 238 g/mol. The first kappa shape index (κ1) is 11.7. The fourth-order valence-corrected chi connectivity index (χ4v) is 3.55. The van der Waals surface area contributed by atoms with Crippen molar-refractivity contribution in [1.82, 2.24) is 0 Å². The van der Waals surface area contributed by atoms with Crippen LogP contribution >= 0.6 is 0 Å². The molecule has 3 heteroatoms. The largest absolute Gasteiger partial charge is 0.353 e. The quantitative estimate of drug-likeness (QED) is 0.755. The fraction of sp³-hybridized carbons (Fsp3) is 0.929. The molecule has 3 saturated carbocycles. The summed E-state index contributed by atoms with van der Waals surface area (Å²) in [5.74, 6) is 2.19. The van der Waals surface area contributed by atoms with Gasteiger partial charge < -0.3 is 9.47 Å². The molecule has 3 aliphatic carbocycles. The maximum atomic E-state index is 11.8. The van der Waals surface area contributed by atoms with Gasteiger partial charge in [-0.2, -0.15) is 0 Å². The molecule has 1 aliphatic heterocycles. The van der Waals surface area contributed by atoms with Crippen LogP contribution in [0.4, 0.5) is 0 Å². The molecular weight excluding hydrogens is 216 g/mol. The molecule has 1 saturated heterocycles. The summed E-state index contributed by atoms with van der Waals surface area (Å²) >= 11 is 0. The highest BCUT2D eigenvalue weighted by molar-refractivity contribution is 5.83. The summed E-state index contributed by atoms with van der Waals surface area (Å²) in [5.41, 5.74) is 0. The highest BCUT2D eigenvalue weighted by Gasteiger charge is 2.44. The normalized spacial score (nSPS) is 41.1. The van der Waals surface area contributed by atoms with E-state index in [1.54, 1.807) is 0 Å². The Kier molecular flexibility index (Phi) is 3.48. The predicted octanol–water partition coefficient (Wildman–Crippen LogP) is 2.53. The number of fused-ring (bicyclic) bond motifs is 2. The minimum Gasteiger partial charge on any atom is -0.353 e. The zero-order valence-corrected chi connectivity index (χ0v) is 10.4. The van der Waals surface area contributed by atoms with E-state index >= 15 is 0 Å². The molecular formula is C14H22O3. The molecule has 4 aliphatic rings. The van der Waals surface area contributed by atoms with Gasteiger partial charge in [-0.3, -0.25) is 4.79 Å². The number of carbonyl (C=O) groups excluding carboxylic acids is 1. The molecule has 0 amide bonds. The third kappa shape index (κ3) is 2.55. The van der Waals surface area contributed by atoms with Gasteiger partial charge in [-0.15, -0.1) is 0 Å². The summed E-state index contributed by atoms with van der Waals surface area (Å²) in [6, 6.07) is 0. The lowest BCUT2D eigenvalue weighted by Gasteiger charge is -2.45. The second-order valence-electron chi connectivity index (χ2n) is 5.83. The maximum Gasteiger partial charge on any atom is 0.157 e. The Labute approximate surface area is 103 Å². The van der Waals surface area contributed by atoms with E-state index in [0.717, 1.165) is 38.2 Å². The van der Waals surface area contributed by atoms with Crippen LogP contribution in [0.5, 0.6) is 0 Å². The van der Waals surface area contributed by atoms with Crippen LogP contribution < -0.4 is 0 Å². The van der Waals surface area contributed by atoms with Gasteiger partial charge in [0.25, 0.3) is 0 Å². The average molecular weight is 238 g/mol. The van der Waals surface area contributed by atoms with Crippen LogP contribution in [-0.2, 0) is 14.3 Å². The third-order valence-electron chi connectivity index (χ3n) is 4.62. The van der Waals surface area contributed by atoms with Crippen molar-refractivity contribution in [1.29, 1.82) is 0 Å². The molecule has 1 unspecified atom stereocenters. The Morgan fingerprint density at radius 2 is 2.18 bits per heavy atom. The smallest absolute Gasteiger partial charge is 0.157 e. The van der Waals surface area contributed by atoms with Crippen molar-refractivity contribution in [2.45, 2.75) is 51.2 Å². The lowest BCUT2D eigenvalue weighted by Crippen LogP contribution is -2.43. The van der Waals surface area contributed by atoms with Crippen LogP contribution in [-0.4, -0.2) is 25.3 Å². The number of Topliss-reactive ketones (excluding diaryl/α,β-unsaturated/α-hetero) is 1. The van der Waals surface area contributed by atoms with Gasteiger partial charge in [-0.05, 0) is 50.4 Å². The van der Waals surface area contributed by atoms with Gasteiger partial charge in [0.2, 0.25) is 0 Å². The molecule has 0 N–H and O–H groups in total. The van der Waals surface area contributed by atoms with Gasteiger partial charge in [0, 0.05) is 18.9 Å². The van der Waals surface area contributed by atoms with Crippen molar-refractivity contribution < 1.29 is 14.3 Å². The molecule has 4 rings (SSSR count). The van der Waals surface area contributed by atoms with Gasteiger partial charge in [0.05, 0.1) is 6.61 Å². The Balaban J connectivity index is 1.39. The van der Waals surface area contributed by atoms with E-state index in [9.17, 15) is 4.79 Å². The van der Waals surface area contributed by atoms with Crippen LogP contribution in [0, 0.1) is 17.8 Å². The minimum absolute atomic E-state index is 0.00317. The van der Waals surface area contributed by atoms with Crippen LogP contribution in [0.15, 0.2) is 0 Å². The topological polar surface area (TPSA) is 35.5 Å². The van der Waals surface area contributed by atoms with E-state index in [4.69, 9.17) is 9.47 Å². The van der Waals surface area contributed by atoms with E-state index in [0.29, 0.717) is 24.2 Å².